The molecule has 1 atom stereocenters. The third kappa shape index (κ3) is 3.85. The largest absolute Gasteiger partial charge is 0.368 e. The summed E-state index contributed by atoms with van der Waals surface area (Å²) >= 11 is 0. The molecule has 0 saturated heterocycles. The minimum absolute atomic E-state index is 0.347. The normalized spacial score (nSPS) is 14.8. The lowest BCUT2D eigenvalue weighted by Crippen LogP contribution is -2.37. The first-order chi connectivity index (χ1) is 12.0. The van der Waals surface area contributed by atoms with Gasteiger partial charge in [0.1, 0.15) is 6.04 Å². The van der Waals surface area contributed by atoms with Crippen LogP contribution in [0.4, 0.5) is 5.69 Å². The quantitative estimate of drug-likeness (QED) is 0.877. The Labute approximate surface area is 146 Å². The zero-order chi connectivity index (χ0) is 17.8. The number of benzene rings is 2. The predicted molar refractivity (Wildman–Crippen MR) is 97.4 cm³/mol. The predicted octanol–water partition coefficient (Wildman–Crippen LogP) is 2.23. The Morgan fingerprint density at radius 2 is 1.80 bits per heavy atom. The maximum Gasteiger partial charge on any atom is 0.252 e. The van der Waals surface area contributed by atoms with Crippen molar-refractivity contribution in [3.05, 3.63) is 65.7 Å². The number of anilines is 1. The maximum absolute atomic E-state index is 12.5. The number of rotatable bonds is 5. The molecule has 0 fully saturated rings. The molecule has 1 unspecified atom stereocenters. The van der Waals surface area contributed by atoms with E-state index in [4.69, 9.17) is 5.73 Å². The van der Waals surface area contributed by atoms with Crippen molar-refractivity contribution in [2.24, 2.45) is 10.8 Å². The van der Waals surface area contributed by atoms with Gasteiger partial charge in [0, 0.05) is 24.2 Å². The molecule has 25 heavy (non-hydrogen) atoms. The van der Waals surface area contributed by atoms with Crippen LogP contribution in [0.3, 0.4) is 0 Å². The smallest absolute Gasteiger partial charge is 0.252 e. The molecule has 0 spiro atoms. The molecule has 3 rings (SSSR count). The number of nitrogens with zero attached hydrogens (tertiary/aromatic N) is 2. The molecule has 1 aliphatic heterocycles. The van der Waals surface area contributed by atoms with Crippen molar-refractivity contribution in [3.63, 3.8) is 0 Å². The summed E-state index contributed by atoms with van der Waals surface area (Å²) < 4.78 is 0. The molecular weight excluding hydrogens is 316 g/mol. The molecule has 128 valence electrons. The van der Waals surface area contributed by atoms with Gasteiger partial charge in [-0.1, -0.05) is 30.3 Å². The van der Waals surface area contributed by atoms with E-state index in [0.717, 1.165) is 24.4 Å². The van der Waals surface area contributed by atoms with Crippen molar-refractivity contribution < 1.29 is 9.59 Å². The summed E-state index contributed by atoms with van der Waals surface area (Å²) in [5, 5.41) is 9.03. The molecule has 2 aromatic carbocycles. The van der Waals surface area contributed by atoms with Gasteiger partial charge in [0.15, 0.2) is 0 Å². The van der Waals surface area contributed by atoms with E-state index >= 15 is 0 Å². The van der Waals surface area contributed by atoms with Crippen LogP contribution in [0, 0.1) is 0 Å². The number of hydrogen-bond donors (Lipinski definition) is 2. The standard InChI is InChI=1S/C19H20N4O2/c1-13-11-12-23(22-13)16-9-7-15(8-10-16)19(25)21-17(18(20)24)14-5-3-2-4-6-14/h2-10,17H,11-12H2,1H3,(H2,20,24)(H,21,25). The third-order valence-electron chi connectivity index (χ3n) is 4.10. The molecular formula is C19H20N4O2. The van der Waals surface area contributed by atoms with E-state index in [1.807, 2.05) is 30.1 Å². The average molecular weight is 336 g/mol. The number of amides is 2. The highest BCUT2D eigenvalue weighted by molar-refractivity contribution is 5.98. The summed E-state index contributed by atoms with van der Waals surface area (Å²) in [7, 11) is 0. The second-order valence-electron chi connectivity index (χ2n) is 5.97. The zero-order valence-corrected chi connectivity index (χ0v) is 14.0. The lowest BCUT2D eigenvalue weighted by molar-refractivity contribution is -0.120. The number of hydrazone groups is 1. The molecule has 2 aromatic rings. The Morgan fingerprint density at radius 1 is 1.12 bits per heavy atom. The lowest BCUT2D eigenvalue weighted by atomic mass is 10.1. The minimum Gasteiger partial charge on any atom is -0.368 e. The summed E-state index contributed by atoms with van der Waals surface area (Å²) in [6.45, 7) is 2.84. The number of hydrogen-bond acceptors (Lipinski definition) is 4. The Bertz CT molecular complexity index is 800. The van der Waals surface area contributed by atoms with Crippen LogP contribution in [-0.4, -0.2) is 24.1 Å². The Morgan fingerprint density at radius 3 is 2.36 bits per heavy atom. The second kappa shape index (κ2) is 7.17. The molecule has 1 aliphatic rings. The number of carbonyl (C=O) groups is 2. The molecule has 0 aliphatic carbocycles. The van der Waals surface area contributed by atoms with Crippen LogP contribution in [0.1, 0.15) is 35.3 Å². The number of nitrogens with one attached hydrogen (secondary N) is 1. The lowest BCUT2D eigenvalue weighted by Gasteiger charge is -2.17. The number of carbonyl (C=O) groups excluding carboxylic acids is 2. The van der Waals surface area contributed by atoms with Crippen LogP contribution in [0.5, 0.6) is 0 Å². The zero-order valence-electron chi connectivity index (χ0n) is 14.0. The molecule has 0 radical (unpaired) electrons. The molecule has 6 heteroatoms. The van der Waals surface area contributed by atoms with Gasteiger partial charge in [-0.25, -0.2) is 0 Å². The van der Waals surface area contributed by atoms with Gasteiger partial charge in [-0.2, -0.15) is 5.10 Å². The van der Waals surface area contributed by atoms with Crippen molar-refractivity contribution in [1.82, 2.24) is 5.32 Å². The fourth-order valence-corrected chi connectivity index (χ4v) is 2.72. The minimum atomic E-state index is -0.862. The van der Waals surface area contributed by atoms with Crippen LogP contribution in [0.2, 0.25) is 0 Å². The molecule has 3 N–H and O–H groups in total. The van der Waals surface area contributed by atoms with Crippen molar-refractivity contribution in [2.75, 3.05) is 11.6 Å². The van der Waals surface area contributed by atoms with E-state index in [2.05, 4.69) is 10.4 Å². The highest BCUT2D eigenvalue weighted by Gasteiger charge is 2.21. The SMILES string of the molecule is CC1=NN(c2ccc(C(=O)NC(C(N)=O)c3ccccc3)cc2)CC1. The molecule has 0 aromatic heterocycles. The summed E-state index contributed by atoms with van der Waals surface area (Å²) in [4.78, 5) is 24.2. The third-order valence-corrected chi connectivity index (χ3v) is 4.10. The van der Waals surface area contributed by atoms with E-state index in [0.29, 0.717) is 11.1 Å². The Balaban J connectivity index is 1.73. The number of nitrogens with two attached hydrogens (primary N) is 1. The Hall–Kier alpha value is -3.15. The topological polar surface area (TPSA) is 87.8 Å². The van der Waals surface area contributed by atoms with Crippen molar-refractivity contribution in [1.29, 1.82) is 0 Å². The summed E-state index contributed by atoms with van der Waals surface area (Å²) in [6.07, 6.45) is 0.944. The molecule has 0 bridgehead atoms. The molecule has 2 amide bonds. The highest BCUT2D eigenvalue weighted by Crippen LogP contribution is 2.20. The van der Waals surface area contributed by atoms with E-state index < -0.39 is 11.9 Å². The van der Waals surface area contributed by atoms with E-state index in [1.54, 1.807) is 36.4 Å². The van der Waals surface area contributed by atoms with E-state index in [-0.39, 0.29) is 5.91 Å². The Kier molecular flexibility index (Phi) is 4.79. The molecule has 6 nitrogen and oxygen atoms in total. The average Bonchev–Trinajstić information content (AvgIpc) is 3.06. The summed E-state index contributed by atoms with van der Waals surface area (Å²) in [6, 6.07) is 15.2. The van der Waals surface area contributed by atoms with Crippen molar-refractivity contribution in [3.8, 4) is 0 Å². The van der Waals surface area contributed by atoms with Gasteiger partial charge in [-0.3, -0.25) is 14.6 Å². The fraction of sp³-hybridized carbons (Fsp3) is 0.211. The van der Waals surface area contributed by atoms with Gasteiger partial charge in [0.05, 0.1) is 5.69 Å². The van der Waals surface area contributed by atoms with Gasteiger partial charge in [-0.05, 0) is 36.8 Å². The van der Waals surface area contributed by atoms with Crippen LogP contribution >= 0.6 is 0 Å². The van der Waals surface area contributed by atoms with Gasteiger partial charge in [0.25, 0.3) is 5.91 Å². The monoisotopic (exact) mass is 336 g/mol. The van der Waals surface area contributed by atoms with Crippen molar-refractivity contribution in [2.45, 2.75) is 19.4 Å². The first kappa shape index (κ1) is 16.7. The number of primary amides is 1. The van der Waals surface area contributed by atoms with Gasteiger partial charge in [-0.15, -0.1) is 0 Å². The van der Waals surface area contributed by atoms with Gasteiger partial charge >= 0.3 is 0 Å². The molecule has 0 saturated carbocycles. The van der Waals surface area contributed by atoms with Gasteiger partial charge in [0.2, 0.25) is 5.91 Å². The van der Waals surface area contributed by atoms with Crippen molar-refractivity contribution >= 4 is 23.2 Å². The first-order valence-electron chi connectivity index (χ1n) is 8.11. The van der Waals surface area contributed by atoms with E-state index in [9.17, 15) is 9.59 Å². The highest BCUT2D eigenvalue weighted by atomic mass is 16.2. The van der Waals surface area contributed by atoms with Crippen LogP contribution < -0.4 is 16.1 Å². The summed E-state index contributed by atoms with van der Waals surface area (Å²) in [5.41, 5.74) is 8.58. The maximum atomic E-state index is 12.5. The van der Waals surface area contributed by atoms with Gasteiger partial charge < -0.3 is 11.1 Å². The van der Waals surface area contributed by atoms with E-state index in [1.165, 1.54) is 0 Å². The first-order valence-corrected chi connectivity index (χ1v) is 8.11. The second-order valence-corrected chi connectivity index (χ2v) is 5.97. The van der Waals surface area contributed by atoms with Crippen LogP contribution in [-0.2, 0) is 4.79 Å². The fourth-order valence-electron chi connectivity index (χ4n) is 2.72. The molecule has 1 heterocycles. The van der Waals surface area contributed by atoms with Crippen LogP contribution in [0.15, 0.2) is 59.7 Å². The van der Waals surface area contributed by atoms with Crippen LogP contribution in [0.25, 0.3) is 0 Å². The summed E-state index contributed by atoms with van der Waals surface area (Å²) in [5.74, 6) is -0.946.